The van der Waals surface area contributed by atoms with E-state index in [1.807, 2.05) is 0 Å². The first-order valence-corrected chi connectivity index (χ1v) is 8.01. The van der Waals surface area contributed by atoms with Crippen molar-refractivity contribution >= 4 is 10.0 Å². The fourth-order valence-corrected chi connectivity index (χ4v) is 3.53. The van der Waals surface area contributed by atoms with E-state index in [1.165, 1.54) is 30.6 Å². The van der Waals surface area contributed by atoms with Gasteiger partial charge in [0.1, 0.15) is 11.5 Å². The second-order valence-electron chi connectivity index (χ2n) is 4.83. The van der Waals surface area contributed by atoms with Gasteiger partial charge in [-0.1, -0.05) is 0 Å². The molecule has 5 nitrogen and oxygen atoms in total. The zero-order valence-corrected chi connectivity index (χ0v) is 12.8. The Hall–Kier alpha value is -2.61. The van der Waals surface area contributed by atoms with Crippen molar-refractivity contribution in [1.82, 2.24) is 13.9 Å². The van der Waals surface area contributed by atoms with E-state index in [4.69, 9.17) is 0 Å². The minimum atomic E-state index is -4.17. The highest BCUT2D eigenvalue weighted by atomic mass is 32.2. The van der Waals surface area contributed by atoms with Crippen molar-refractivity contribution in [3.63, 3.8) is 0 Å². The molecule has 3 heterocycles. The smallest absolute Gasteiger partial charge is 0.243 e. The summed E-state index contributed by atoms with van der Waals surface area (Å²) in [6.45, 7) is 1.71. The van der Waals surface area contributed by atoms with Crippen molar-refractivity contribution in [3.05, 3.63) is 66.3 Å². The molecule has 118 valence electrons. The highest BCUT2D eigenvalue weighted by molar-refractivity contribution is 7.90. The Morgan fingerprint density at radius 3 is 2.57 bits per heavy atom. The molecule has 3 rings (SSSR count). The van der Waals surface area contributed by atoms with Crippen LogP contribution in [0.3, 0.4) is 0 Å². The summed E-state index contributed by atoms with van der Waals surface area (Å²) in [5.74, 6) is -1.83. The lowest BCUT2D eigenvalue weighted by molar-refractivity contribution is 0.575. The Morgan fingerprint density at radius 1 is 1.09 bits per heavy atom. The van der Waals surface area contributed by atoms with Gasteiger partial charge in [-0.25, -0.2) is 18.3 Å². The number of nitrogens with zero attached hydrogens (tertiary/aromatic N) is 3. The largest absolute Gasteiger partial charge is 0.285 e. The van der Waals surface area contributed by atoms with Crippen LogP contribution in [0.5, 0.6) is 0 Å². The third kappa shape index (κ3) is 2.61. The molecule has 23 heavy (non-hydrogen) atoms. The van der Waals surface area contributed by atoms with Crippen LogP contribution in [-0.2, 0) is 10.0 Å². The van der Waals surface area contributed by atoms with E-state index in [-0.39, 0.29) is 10.6 Å². The molecule has 0 fully saturated rings. The maximum absolute atomic E-state index is 14.1. The lowest BCUT2D eigenvalue weighted by atomic mass is 10.2. The predicted octanol–water partition coefficient (Wildman–Crippen LogP) is 2.77. The van der Waals surface area contributed by atoms with Gasteiger partial charge >= 0.3 is 0 Å². The van der Waals surface area contributed by atoms with Crippen molar-refractivity contribution in [2.24, 2.45) is 0 Å². The summed E-state index contributed by atoms with van der Waals surface area (Å²) in [5, 5.41) is -0.251. The fourth-order valence-electron chi connectivity index (χ4n) is 2.15. The van der Waals surface area contributed by atoms with E-state index in [1.54, 1.807) is 13.0 Å². The van der Waals surface area contributed by atoms with Crippen molar-refractivity contribution in [1.29, 1.82) is 0 Å². The molecule has 0 N–H and O–H groups in total. The van der Waals surface area contributed by atoms with Gasteiger partial charge in [-0.3, -0.25) is 0 Å². The Bertz CT molecular complexity index is 984. The van der Waals surface area contributed by atoms with E-state index in [9.17, 15) is 17.2 Å². The molecule has 0 spiro atoms. The van der Waals surface area contributed by atoms with Crippen molar-refractivity contribution < 1.29 is 17.2 Å². The first-order valence-electron chi connectivity index (χ1n) is 6.57. The summed E-state index contributed by atoms with van der Waals surface area (Å²) in [4.78, 5) is 7.24. The summed E-state index contributed by atoms with van der Waals surface area (Å²) in [6, 6.07) is 6.60. The van der Waals surface area contributed by atoms with Gasteiger partial charge in [-0.15, -0.1) is 0 Å². The minimum Gasteiger partial charge on any atom is -0.243 e. The number of hydrogen-bond donors (Lipinski definition) is 0. The molecule has 0 aromatic carbocycles. The second kappa shape index (κ2) is 5.54. The molecule has 0 aliphatic heterocycles. The van der Waals surface area contributed by atoms with Gasteiger partial charge in [-0.05, 0) is 42.8 Å². The highest BCUT2D eigenvalue weighted by Crippen LogP contribution is 2.28. The zero-order chi connectivity index (χ0) is 16.6. The van der Waals surface area contributed by atoms with Crippen LogP contribution in [-0.4, -0.2) is 22.4 Å². The molecule has 0 amide bonds. The molecule has 0 saturated heterocycles. The highest BCUT2D eigenvalue weighted by Gasteiger charge is 2.26. The van der Waals surface area contributed by atoms with Crippen molar-refractivity contribution in [2.45, 2.75) is 11.9 Å². The van der Waals surface area contributed by atoms with Crippen LogP contribution in [0.4, 0.5) is 8.78 Å². The average molecular weight is 335 g/mol. The van der Waals surface area contributed by atoms with Crippen LogP contribution in [0.1, 0.15) is 5.56 Å². The second-order valence-corrected chi connectivity index (χ2v) is 6.59. The van der Waals surface area contributed by atoms with Crippen LogP contribution in [0.25, 0.3) is 11.3 Å². The van der Waals surface area contributed by atoms with Crippen LogP contribution in [0, 0.1) is 18.7 Å². The lowest BCUT2D eigenvalue weighted by Gasteiger charge is -2.10. The van der Waals surface area contributed by atoms with Crippen LogP contribution < -0.4 is 0 Å². The summed E-state index contributed by atoms with van der Waals surface area (Å²) >= 11 is 0. The molecule has 0 atom stereocenters. The molecule has 0 radical (unpaired) electrons. The van der Waals surface area contributed by atoms with Crippen LogP contribution >= 0.6 is 0 Å². The van der Waals surface area contributed by atoms with E-state index in [2.05, 4.69) is 9.97 Å². The summed E-state index contributed by atoms with van der Waals surface area (Å²) in [5.41, 5.74) is 0.0189. The summed E-state index contributed by atoms with van der Waals surface area (Å²) < 4.78 is 54.0. The van der Waals surface area contributed by atoms with Gasteiger partial charge in [0, 0.05) is 18.6 Å². The first kappa shape index (κ1) is 15.3. The third-order valence-electron chi connectivity index (χ3n) is 3.23. The van der Waals surface area contributed by atoms with Crippen LogP contribution in [0.2, 0.25) is 0 Å². The molecular weight excluding hydrogens is 324 g/mol. The van der Waals surface area contributed by atoms with Gasteiger partial charge in [0.15, 0.2) is 5.03 Å². The topological polar surface area (TPSA) is 64.8 Å². The van der Waals surface area contributed by atoms with Crippen molar-refractivity contribution in [3.8, 4) is 11.3 Å². The molecule has 8 heteroatoms. The minimum absolute atomic E-state index is 0.244. The molecule has 3 aromatic heterocycles. The van der Waals surface area contributed by atoms with Gasteiger partial charge < -0.3 is 0 Å². The SMILES string of the molecule is Cc1ccnc(S(=O)(=O)n2ccc(F)c2-c2cccnc2F)c1. The maximum atomic E-state index is 14.1. The molecular formula is C15H11F2N3O2S. The number of aromatic nitrogens is 3. The maximum Gasteiger partial charge on any atom is 0.285 e. The average Bonchev–Trinajstić information content (AvgIpc) is 2.90. The number of rotatable bonds is 3. The molecule has 0 bridgehead atoms. The Kier molecular flexibility index (Phi) is 3.69. The first-order chi connectivity index (χ1) is 10.9. The lowest BCUT2D eigenvalue weighted by Crippen LogP contribution is -2.15. The molecule has 0 aliphatic carbocycles. The monoisotopic (exact) mass is 335 g/mol. The van der Waals surface area contributed by atoms with E-state index < -0.39 is 27.5 Å². The number of hydrogen-bond acceptors (Lipinski definition) is 4. The van der Waals surface area contributed by atoms with Gasteiger partial charge in [0.25, 0.3) is 10.0 Å². The third-order valence-corrected chi connectivity index (χ3v) is 4.80. The summed E-state index contributed by atoms with van der Waals surface area (Å²) in [7, 11) is -4.17. The standard InChI is InChI=1S/C15H11F2N3O2S/c1-10-4-7-18-13(9-10)23(21,22)20-8-5-12(16)14(20)11-3-2-6-19-15(11)17/h2-9H,1H3. The quantitative estimate of drug-likeness (QED) is 0.691. The molecule has 0 unspecified atom stereocenters. The number of aryl methyl sites for hydroxylation is 1. The Labute approximate surface area is 131 Å². The Balaban J connectivity index is 2.25. The number of halogens is 2. The number of pyridine rings is 2. The Morgan fingerprint density at radius 2 is 1.87 bits per heavy atom. The van der Waals surface area contributed by atoms with E-state index >= 15 is 0 Å². The van der Waals surface area contributed by atoms with Gasteiger partial charge in [0.2, 0.25) is 5.95 Å². The molecule has 3 aromatic rings. The molecule has 0 saturated carbocycles. The summed E-state index contributed by atoms with van der Waals surface area (Å²) in [6.07, 6.45) is 3.56. The normalized spacial score (nSPS) is 11.6. The zero-order valence-electron chi connectivity index (χ0n) is 11.9. The van der Waals surface area contributed by atoms with Crippen LogP contribution in [0.15, 0.2) is 53.9 Å². The molecule has 0 aliphatic rings. The van der Waals surface area contributed by atoms with E-state index in [0.29, 0.717) is 9.54 Å². The van der Waals surface area contributed by atoms with Gasteiger partial charge in [-0.2, -0.15) is 12.8 Å². The van der Waals surface area contributed by atoms with E-state index in [0.717, 1.165) is 12.3 Å². The predicted molar refractivity (Wildman–Crippen MR) is 79.1 cm³/mol. The van der Waals surface area contributed by atoms with Gasteiger partial charge in [0.05, 0.1) is 5.56 Å². The van der Waals surface area contributed by atoms with Crippen molar-refractivity contribution in [2.75, 3.05) is 0 Å². The fraction of sp³-hybridized carbons (Fsp3) is 0.0667.